The first-order valence-corrected chi connectivity index (χ1v) is 8.26. The monoisotopic (exact) mass is 360 g/mol. The molecule has 26 heavy (non-hydrogen) atoms. The maximum absolute atomic E-state index is 13.8. The molecule has 1 heterocycles. The number of hydrogen-bond acceptors (Lipinski definition) is 4. The molecule has 1 atom stereocenters. The van der Waals surface area contributed by atoms with Gasteiger partial charge in [0.1, 0.15) is 22.9 Å². The van der Waals surface area contributed by atoms with E-state index >= 15 is 0 Å². The van der Waals surface area contributed by atoms with E-state index in [1.807, 2.05) is 13.8 Å². The third kappa shape index (κ3) is 3.82. The summed E-state index contributed by atoms with van der Waals surface area (Å²) in [6, 6.07) is 10.6. The molecule has 0 aliphatic carbocycles. The van der Waals surface area contributed by atoms with Crippen molar-refractivity contribution in [3.63, 3.8) is 0 Å². The maximum Gasteiger partial charge on any atom is 0.437 e. The van der Waals surface area contributed by atoms with Crippen molar-refractivity contribution in [1.29, 1.82) is 0 Å². The van der Waals surface area contributed by atoms with Gasteiger partial charge in [0, 0.05) is 0 Å². The summed E-state index contributed by atoms with van der Waals surface area (Å²) in [4.78, 5) is 12.0. The Morgan fingerprint density at radius 2 is 1.81 bits per heavy atom. The molecule has 2 aromatic carbocycles. The first-order valence-electron chi connectivity index (χ1n) is 8.26. The van der Waals surface area contributed by atoms with E-state index < -0.39 is 23.0 Å². The van der Waals surface area contributed by atoms with Crippen molar-refractivity contribution in [3.8, 4) is 17.2 Å². The summed E-state index contributed by atoms with van der Waals surface area (Å²) in [5, 5.41) is 3.91. The van der Waals surface area contributed by atoms with Gasteiger partial charge in [0.05, 0.1) is 12.6 Å². The molecule has 0 aliphatic rings. The highest BCUT2D eigenvalue weighted by Gasteiger charge is 2.18. The van der Waals surface area contributed by atoms with Crippen LogP contribution in [-0.4, -0.2) is 15.9 Å². The fourth-order valence-corrected chi connectivity index (χ4v) is 2.37. The topological polar surface area (TPSA) is 57.3 Å². The van der Waals surface area contributed by atoms with E-state index in [4.69, 9.17) is 9.15 Å². The fourth-order valence-electron chi connectivity index (χ4n) is 2.37. The second kappa shape index (κ2) is 7.51. The van der Waals surface area contributed by atoms with Gasteiger partial charge in [-0.15, -0.1) is 5.10 Å². The van der Waals surface area contributed by atoms with Gasteiger partial charge in [0.2, 0.25) is 0 Å². The molecule has 0 fully saturated rings. The zero-order valence-corrected chi connectivity index (χ0v) is 14.4. The average Bonchev–Trinajstić information content (AvgIpc) is 2.96. The highest BCUT2D eigenvalue weighted by Crippen LogP contribution is 2.23. The van der Waals surface area contributed by atoms with E-state index in [0.717, 1.165) is 34.5 Å². The zero-order valence-electron chi connectivity index (χ0n) is 14.4. The van der Waals surface area contributed by atoms with Gasteiger partial charge in [0.15, 0.2) is 0 Å². The van der Waals surface area contributed by atoms with Crippen LogP contribution >= 0.6 is 0 Å². The minimum atomic E-state index is -0.843. The molecule has 0 saturated heterocycles. The second-order valence-corrected chi connectivity index (χ2v) is 5.91. The molecule has 136 valence electrons. The first kappa shape index (κ1) is 17.8. The van der Waals surface area contributed by atoms with Gasteiger partial charge in [-0.2, -0.15) is 4.68 Å². The van der Waals surface area contributed by atoms with E-state index in [0.29, 0.717) is 0 Å². The van der Waals surface area contributed by atoms with Crippen LogP contribution in [0.5, 0.6) is 5.75 Å². The fraction of sp³-hybridized carbons (Fsp3) is 0.263. The van der Waals surface area contributed by atoms with Crippen LogP contribution in [0.3, 0.4) is 0 Å². The highest BCUT2D eigenvalue weighted by atomic mass is 19.1. The molecule has 0 N–H and O–H groups in total. The number of benzene rings is 2. The van der Waals surface area contributed by atoms with Gasteiger partial charge < -0.3 is 9.15 Å². The Morgan fingerprint density at radius 1 is 1.15 bits per heavy atom. The van der Waals surface area contributed by atoms with Gasteiger partial charge in [-0.25, -0.2) is 13.6 Å². The quantitative estimate of drug-likeness (QED) is 0.667. The first-order chi connectivity index (χ1) is 12.5. The lowest BCUT2D eigenvalue weighted by atomic mass is 10.2. The summed E-state index contributed by atoms with van der Waals surface area (Å²) in [5.74, 6) is -2.13. The van der Waals surface area contributed by atoms with Crippen LogP contribution in [0.4, 0.5) is 8.78 Å². The standard InChI is InChI=1S/C19H18F2N2O3/c1-3-12(2)25-14-9-7-13(8-10-14)11-23-19(24)26-18(22-23)17-15(20)5-4-6-16(17)21/h4-10,12H,3,11H2,1-2H3. The molecule has 7 heteroatoms. The Labute approximate surface area is 148 Å². The predicted octanol–water partition coefficient (Wildman–Crippen LogP) is 4.01. The summed E-state index contributed by atoms with van der Waals surface area (Å²) in [6.45, 7) is 4.13. The molecule has 0 saturated carbocycles. The SMILES string of the molecule is CCC(C)Oc1ccc(Cn2nc(-c3c(F)cccc3F)oc2=O)cc1. The smallest absolute Gasteiger partial charge is 0.437 e. The number of hydrogen-bond donors (Lipinski definition) is 0. The average molecular weight is 360 g/mol. The van der Waals surface area contributed by atoms with Crippen molar-refractivity contribution in [1.82, 2.24) is 9.78 Å². The van der Waals surface area contributed by atoms with E-state index in [9.17, 15) is 13.6 Å². The predicted molar refractivity (Wildman–Crippen MR) is 92.0 cm³/mol. The highest BCUT2D eigenvalue weighted by molar-refractivity contribution is 5.54. The molecule has 0 aliphatic heterocycles. The Balaban J connectivity index is 1.81. The van der Waals surface area contributed by atoms with Crippen LogP contribution in [0.2, 0.25) is 0 Å². The molecule has 3 rings (SSSR count). The number of aromatic nitrogens is 2. The van der Waals surface area contributed by atoms with Gasteiger partial charge in [0.25, 0.3) is 5.89 Å². The van der Waals surface area contributed by atoms with Crippen LogP contribution in [0, 0.1) is 11.6 Å². The van der Waals surface area contributed by atoms with Crippen molar-refractivity contribution in [2.45, 2.75) is 32.9 Å². The molecule has 0 spiro atoms. The molecular weight excluding hydrogens is 342 g/mol. The Hall–Kier alpha value is -2.96. The third-order valence-electron chi connectivity index (χ3n) is 3.95. The van der Waals surface area contributed by atoms with Gasteiger partial charge in [-0.05, 0) is 43.2 Å². The van der Waals surface area contributed by atoms with Crippen molar-refractivity contribution in [2.75, 3.05) is 0 Å². The van der Waals surface area contributed by atoms with Crippen molar-refractivity contribution in [3.05, 3.63) is 70.2 Å². The van der Waals surface area contributed by atoms with Crippen LogP contribution in [0.25, 0.3) is 11.5 Å². The van der Waals surface area contributed by atoms with Gasteiger partial charge in [-0.3, -0.25) is 0 Å². The lowest BCUT2D eigenvalue weighted by molar-refractivity contribution is 0.217. The number of rotatable bonds is 6. The molecule has 0 bridgehead atoms. The van der Waals surface area contributed by atoms with Gasteiger partial charge in [-0.1, -0.05) is 25.1 Å². The summed E-state index contributed by atoms with van der Waals surface area (Å²) in [6.07, 6.45) is 1.00. The van der Waals surface area contributed by atoms with Gasteiger partial charge >= 0.3 is 5.76 Å². The third-order valence-corrected chi connectivity index (χ3v) is 3.95. The molecule has 0 radical (unpaired) electrons. The minimum Gasteiger partial charge on any atom is -0.491 e. The molecule has 5 nitrogen and oxygen atoms in total. The molecule has 0 amide bonds. The largest absolute Gasteiger partial charge is 0.491 e. The summed E-state index contributed by atoms with van der Waals surface area (Å²) in [5.41, 5.74) is 0.318. The maximum atomic E-state index is 13.8. The number of nitrogens with zero attached hydrogens (tertiary/aromatic N) is 2. The van der Waals surface area contributed by atoms with Crippen LogP contribution in [0.15, 0.2) is 51.7 Å². The van der Waals surface area contributed by atoms with Crippen LogP contribution in [-0.2, 0) is 6.54 Å². The number of ether oxygens (including phenoxy) is 1. The summed E-state index contributed by atoms with van der Waals surface area (Å²) in [7, 11) is 0. The van der Waals surface area contributed by atoms with Crippen LogP contribution in [0.1, 0.15) is 25.8 Å². The Morgan fingerprint density at radius 3 is 2.42 bits per heavy atom. The summed E-state index contributed by atoms with van der Waals surface area (Å²) < 4.78 is 39.3. The Bertz CT molecular complexity index is 928. The number of halogens is 2. The van der Waals surface area contributed by atoms with E-state index in [1.54, 1.807) is 24.3 Å². The summed E-state index contributed by atoms with van der Waals surface area (Å²) >= 11 is 0. The van der Waals surface area contributed by atoms with E-state index in [2.05, 4.69) is 5.10 Å². The molecule has 1 unspecified atom stereocenters. The zero-order chi connectivity index (χ0) is 18.7. The molecular formula is C19H18F2N2O3. The second-order valence-electron chi connectivity index (χ2n) is 5.91. The van der Waals surface area contributed by atoms with Crippen LogP contribution < -0.4 is 10.5 Å². The lowest BCUT2D eigenvalue weighted by Crippen LogP contribution is -2.16. The van der Waals surface area contributed by atoms with Crippen molar-refractivity contribution < 1.29 is 17.9 Å². The van der Waals surface area contributed by atoms with Crippen molar-refractivity contribution in [2.24, 2.45) is 0 Å². The van der Waals surface area contributed by atoms with E-state index in [1.165, 1.54) is 6.07 Å². The lowest BCUT2D eigenvalue weighted by Gasteiger charge is -2.12. The normalized spacial score (nSPS) is 12.2. The molecule has 3 aromatic rings. The van der Waals surface area contributed by atoms with E-state index in [-0.39, 0.29) is 18.5 Å². The Kier molecular flexibility index (Phi) is 5.16. The molecule has 1 aromatic heterocycles. The minimum absolute atomic E-state index is 0.109. The van der Waals surface area contributed by atoms with Crippen molar-refractivity contribution >= 4 is 0 Å².